The smallest absolute Gasteiger partial charge is 0.247 e. The quantitative estimate of drug-likeness (QED) is 0.809. The molecule has 1 aromatic carbocycles. The van der Waals surface area contributed by atoms with Crippen LogP contribution in [-0.4, -0.2) is 72.2 Å². The summed E-state index contributed by atoms with van der Waals surface area (Å²) in [6.07, 6.45) is 0.819. The molecule has 0 spiro atoms. The molecule has 1 aromatic heterocycles. The van der Waals surface area contributed by atoms with Gasteiger partial charge in [0.05, 0.1) is 0 Å². The molecule has 7 nitrogen and oxygen atoms in total. The molecule has 1 aliphatic rings. The van der Waals surface area contributed by atoms with Crippen LogP contribution >= 0.6 is 0 Å². The van der Waals surface area contributed by atoms with E-state index in [0.29, 0.717) is 31.2 Å². The van der Waals surface area contributed by atoms with Crippen LogP contribution in [0.2, 0.25) is 0 Å². The van der Waals surface area contributed by atoms with Crippen LogP contribution in [0, 0.1) is 0 Å². The van der Waals surface area contributed by atoms with E-state index >= 15 is 0 Å². The van der Waals surface area contributed by atoms with Crippen LogP contribution in [0.25, 0.3) is 11.5 Å². The molecule has 0 atom stereocenters. The number of hydrogen-bond acceptors (Lipinski definition) is 6. The van der Waals surface area contributed by atoms with Crippen LogP contribution in [0.4, 0.5) is 0 Å². The lowest BCUT2D eigenvalue weighted by atomic mass is 10.2. The van der Waals surface area contributed by atoms with Crippen LogP contribution < -0.4 is 5.32 Å². The highest BCUT2D eigenvalue weighted by Crippen LogP contribution is 2.17. The second-order valence-electron chi connectivity index (χ2n) is 6.36. The molecule has 1 fully saturated rings. The Bertz CT molecular complexity index is 665. The zero-order valence-corrected chi connectivity index (χ0v) is 14.6. The van der Waals surface area contributed by atoms with Gasteiger partial charge in [0.2, 0.25) is 17.7 Å². The van der Waals surface area contributed by atoms with Crippen molar-refractivity contribution in [2.45, 2.75) is 12.8 Å². The van der Waals surface area contributed by atoms with Crippen molar-refractivity contribution < 1.29 is 9.21 Å². The number of amides is 1. The highest BCUT2D eigenvalue weighted by molar-refractivity contribution is 5.76. The van der Waals surface area contributed by atoms with Gasteiger partial charge in [-0.25, -0.2) is 0 Å². The Labute approximate surface area is 148 Å². The number of benzene rings is 1. The first kappa shape index (κ1) is 17.6. The first-order valence-electron chi connectivity index (χ1n) is 8.76. The number of carbonyl (C=O) groups excluding carboxylic acids is 1. The molecular weight excluding hydrogens is 318 g/mol. The van der Waals surface area contributed by atoms with Gasteiger partial charge in [-0.3, -0.25) is 9.69 Å². The van der Waals surface area contributed by atoms with Gasteiger partial charge in [-0.05, 0) is 19.2 Å². The van der Waals surface area contributed by atoms with Gasteiger partial charge in [-0.15, -0.1) is 10.2 Å². The minimum atomic E-state index is 0.0218. The SMILES string of the molecule is CN1CCN(CCNC(=O)CCc2nnc(-c3ccccc3)o2)CC1. The fourth-order valence-corrected chi connectivity index (χ4v) is 2.79. The van der Waals surface area contributed by atoms with Crippen LogP contribution in [0.1, 0.15) is 12.3 Å². The normalized spacial score (nSPS) is 16.0. The van der Waals surface area contributed by atoms with E-state index in [-0.39, 0.29) is 5.91 Å². The Morgan fingerprint density at radius 3 is 2.68 bits per heavy atom. The highest BCUT2D eigenvalue weighted by atomic mass is 16.4. The third-order valence-corrected chi connectivity index (χ3v) is 4.40. The number of piperazine rings is 1. The van der Waals surface area contributed by atoms with Gasteiger partial charge >= 0.3 is 0 Å². The largest absolute Gasteiger partial charge is 0.421 e. The zero-order chi connectivity index (χ0) is 17.5. The summed E-state index contributed by atoms with van der Waals surface area (Å²) in [5, 5.41) is 11.0. The van der Waals surface area contributed by atoms with Crippen molar-refractivity contribution in [1.82, 2.24) is 25.3 Å². The maximum atomic E-state index is 12.0. The van der Waals surface area contributed by atoms with Crippen molar-refractivity contribution in [2.24, 2.45) is 0 Å². The third-order valence-electron chi connectivity index (χ3n) is 4.40. The zero-order valence-electron chi connectivity index (χ0n) is 14.6. The number of likely N-dealkylation sites (N-methyl/N-ethyl adjacent to an activating group) is 1. The second kappa shape index (κ2) is 8.73. The number of rotatable bonds is 7. The number of aromatic nitrogens is 2. The Kier molecular flexibility index (Phi) is 6.14. The van der Waals surface area contributed by atoms with Crippen LogP contribution in [0.3, 0.4) is 0 Å². The van der Waals surface area contributed by atoms with Crippen molar-refractivity contribution in [1.29, 1.82) is 0 Å². The molecule has 0 radical (unpaired) electrons. The summed E-state index contributed by atoms with van der Waals surface area (Å²) in [5.74, 6) is 1.01. The Balaban J connectivity index is 1.36. The van der Waals surface area contributed by atoms with Gasteiger partial charge in [0.1, 0.15) is 0 Å². The molecule has 2 heterocycles. The monoisotopic (exact) mass is 343 g/mol. The van der Waals surface area contributed by atoms with Crippen molar-refractivity contribution in [3.63, 3.8) is 0 Å². The average Bonchev–Trinajstić information content (AvgIpc) is 3.11. The molecule has 25 heavy (non-hydrogen) atoms. The van der Waals surface area contributed by atoms with Crippen molar-refractivity contribution in [3.8, 4) is 11.5 Å². The van der Waals surface area contributed by atoms with Crippen molar-refractivity contribution >= 4 is 5.91 Å². The van der Waals surface area contributed by atoms with Crippen molar-refractivity contribution in [2.75, 3.05) is 46.3 Å². The fourth-order valence-electron chi connectivity index (χ4n) is 2.79. The summed E-state index contributed by atoms with van der Waals surface area (Å²) < 4.78 is 5.61. The van der Waals surface area contributed by atoms with Gasteiger partial charge in [0.15, 0.2) is 0 Å². The van der Waals surface area contributed by atoms with E-state index < -0.39 is 0 Å². The number of nitrogens with zero attached hydrogens (tertiary/aromatic N) is 4. The number of aryl methyl sites for hydroxylation is 1. The van der Waals surface area contributed by atoms with Crippen LogP contribution in [0.5, 0.6) is 0 Å². The minimum absolute atomic E-state index is 0.0218. The van der Waals surface area contributed by atoms with E-state index in [1.54, 1.807) is 0 Å². The first-order chi connectivity index (χ1) is 12.2. The Hall–Kier alpha value is -2.25. The van der Waals surface area contributed by atoms with Gasteiger partial charge in [-0.2, -0.15) is 0 Å². The van der Waals surface area contributed by atoms with E-state index in [9.17, 15) is 4.79 Å². The highest BCUT2D eigenvalue weighted by Gasteiger charge is 2.14. The molecule has 0 saturated carbocycles. The molecule has 1 N–H and O–H groups in total. The molecule has 1 saturated heterocycles. The molecular formula is C18H25N5O2. The van der Waals surface area contributed by atoms with E-state index in [1.165, 1.54) is 0 Å². The predicted molar refractivity (Wildman–Crippen MR) is 95.0 cm³/mol. The van der Waals surface area contributed by atoms with Gasteiger partial charge in [0, 0.05) is 57.7 Å². The lowest BCUT2D eigenvalue weighted by Crippen LogP contribution is -2.46. The summed E-state index contributed by atoms with van der Waals surface area (Å²) in [4.78, 5) is 16.7. The van der Waals surface area contributed by atoms with Gasteiger partial charge in [0.25, 0.3) is 0 Å². The second-order valence-corrected chi connectivity index (χ2v) is 6.36. The topological polar surface area (TPSA) is 74.5 Å². The number of carbonyl (C=O) groups is 1. The van der Waals surface area contributed by atoms with E-state index in [0.717, 1.165) is 38.3 Å². The molecule has 0 aliphatic carbocycles. The minimum Gasteiger partial charge on any atom is -0.421 e. The van der Waals surface area contributed by atoms with Gasteiger partial charge < -0.3 is 14.6 Å². The summed E-state index contributed by atoms with van der Waals surface area (Å²) >= 11 is 0. The Morgan fingerprint density at radius 1 is 1.16 bits per heavy atom. The molecule has 3 rings (SSSR count). The molecule has 0 unspecified atom stereocenters. The fraction of sp³-hybridized carbons (Fsp3) is 0.500. The molecule has 7 heteroatoms. The third kappa shape index (κ3) is 5.37. The molecule has 0 bridgehead atoms. The van der Waals surface area contributed by atoms with E-state index in [1.807, 2.05) is 30.3 Å². The molecule has 134 valence electrons. The van der Waals surface area contributed by atoms with Crippen molar-refractivity contribution in [3.05, 3.63) is 36.2 Å². The van der Waals surface area contributed by atoms with Crippen LogP contribution in [0.15, 0.2) is 34.7 Å². The maximum absolute atomic E-state index is 12.0. The standard InChI is InChI=1S/C18H25N5O2/c1-22-11-13-23(14-12-22)10-9-19-16(24)7-8-17-20-21-18(25-17)15-5-3-2-4-6-15/h2-6H,7-14H2,1H3,(H,19,24). The van der Waals surface area contributed by atoms with E-state index in [4.69, 9.17) is 4.42 Å². The number of hydrogen-bond donors (Lipinski definition) is 1. The van der Waals surface area contributed by atoms with Gasteiger partial charge in [-0.1, -0.05) is 18.2 Å². The van der Waals surface area contributed by atoms with Crippen LogP contribution in [-0.2, 0) is 11.2 Å². The summed E-state index contributed by atoms with van der Waals surface area (Å²) in [5.41, 5.74) is 0.887. The molecule has 1 amide bonds. The lowest BCUT2D eigenvalue weighted by Gasteiger charge is -2.32. The summed E-state index contributed by atoms with van der Waals surface area (Å²) in [6, 6.07) is 9.62. The lowest BCUT2D eigenvalue weighted by molar-refractivity contribution is -0.121. The predicted octanol–water partition coefficient (Wildman–Crippen LogP) is 1.03. The summed E-state index contributed by atoms with van der Waals surface area (Å²) in [6.45, 7) is 5.90. The Morgan fingerprint density at radius 2 is 1.92 bits per heavy atom. The molecule has 2 aromatic rings. The summed E-state index contributed by atoms with van der Waals surface area (Å²) in [7, 11) is 2.14. The number of nitrogens with one attached hydrogen (secondary N) is 1. The first-order valence-corrected chi connectivity index (χ1v) is 8.76. The average molecular weight is 343 g/mol. The molecule has 1 aliphatic heterocycles. The maximum Gasteiger partial charge on any atom is 0.247 e. The van der Waals surface area contributed by atoms with E-state index in [2.05, 4.69) is 32.4 Å².